The zero-order valence-electron chi connectivity index (χ0n) is 7.79. The van der Waals surface area contributed by atoms with Crippen molar-refractivity contribution in [3.05, 3.63) is 33.5 Å². The SMILES string of the molecule is Cc1cc(Nc2nnc(Br)s2)ccc1F. The number of rotatable bonds is 2. The molecule has 2 rings (SSSR count). The zero-order chi connectivity index (χ0) is 10.8. The summed E-state index contributed by atoms with van der Waals surface area (Å²) in [6.45, 7) is 1.72. The number of benzene rings is 1. The number of nitrogens with one attached hydrogen (secondary N) is 1. The molecule has 0 radical (unpaired) electrons. The first-order valence-electron chi connectivity index (χ1n) is 4.17. The topological polar surface area (TPSA) is 37.8 Å². The van der Waals surface area contributed by atoms with Gasteiger partial charge in [0, 0.05) is 5.69 Å². The van der Waals surface area contributed by atoms with Crippen LogP contribution in [0.4, 0.5) is 15.2 Å². The minimum absolute atomic E-state index is 0.209. The standard InChI is InChI=1S/C9H7BrFN3S/c1-5-4-6(2-3-7(5)11)12-9-14-13-8(10)15-9/h2-4H,1H3,(H,12,14). The lowest BCUT2D eigenvalue weighted by Gasteiger charge is -2.03. The Hall–Kier alpha value is -1.01. The second-order valence-corrected chi connectivity index (χ2v) is 5.20. The lowest BCUT2D eigenvalue weighted by Crippen LogP contribution is -1.91. The molecule has 1 aromatic carbocycles. The molecule has 0 aliphatic rings. The van der Waals surface area contributed by atoms with Gasteiger partial charge >= 0.3 is 0 Å². The molecule has 1 aromatic heterocycles. The van der Waals surface area contributed by atoms with E-state index in [9.17, 15) is 4.39 Å². The second-order valence-electron chi connectivity index (χ2n) is 2.95. The van der Waals surface area contributed by atoms with E-state index >= 15 is 0 Å². The average molecular weight is 288 g/mol. The van der Waals surface area contributed by atoms with Crippen molar-refractivity contribution in [1.29, 1.82) is 0 Å². The molecule has 1 heterocycles. The summed E-state index contributed by atoms with van der Waals surface area (Å²) in [5, 5.41) is 11.4. The Balaban J connectivity index is 2.21. The van der Waals surface area contributed by atoms with Gasteiger partial charge in [-0.1, -0.05) is 11.3 Å². The highest BCUT2D eigenvalue weighted by Crippen LogP contribution is 2.24. The van der Waals surface area contributed by atoms with Crippen LogP contribution in [0.3, 0.4) is 0 Å². The molecule has 78 valence electrons. The van der Waals surface area contributed by atoms with Gasteiger partial charge in [-0.2, -0.15) is 0 Å². The first-order chi connectivity index (χ1) is 7.15. The van der Waals surface area contributed by atoms with Crippen molar-refractivity contribution in [2.24, 2.45) is 0 Å². The molecule has 0 bridgehead atoms. The largest absolute Gasteiger partial charge is 0.330 e. The first kappa shape index (κ1) is 10.5. The number of hydrogen-bond acceptors (Lipinski definition) is 4. The van der Waals surface area contributed by atoms with Crippen molar-refractivity contribution in [2.75, 3.05) is 5.32 Å². The van der Waals surface area contributed by atoms with Crippen LogP contribution in [0.2, 0.25) is 0 Å². The molecule has 3 nitrogen and oxygen atoms in total. The predicted molar refractivity (Wildman–Crippen MR) is 62.0 cm³/mol. The quantitative estimate of drug-likeness (QED) is 0.919. The summed E-state index contributed by atoms with van der Waals surface area (Å²) in [6.07, 6.45) is 0. The number of nitrogens with zero attached hydrogens (tertiary/aromatic N) is 2. The molecule has 6 heteroatoms. The van der Waals surface area contributed by atoms with Crippen LogP contribution in [0.15, 0.2) is 22.1 Å². The molecule has 0 aliphatic carbocycles. The Morgan fingerprint density at radius 2 is 2.20 bits per heavy atom. The van der Waals surface area contributed by atoms with Gasteiger partial charge in [0.15, 0.2) is 3.92 Å². The molecular formula is C9H7BrFN3S. The van der Waals surface area contributed by atoms with Gasteiger partial charge in [-0.25, -0.2) is 4.39 Å². The van der Waals surface area contributed by atoms with Crippen LogP contribution in [-0.2, 0) is 0 Å². The van der Waals surface area contributed by atoms with Crippen LogP contribution in [0.25, 0.3) is 0 Å². The van der Waals surface area contributed by atoms with Crippen molar-refractivity contribution in [2.45, 2.75) is 6.92 Å². The third-order valence-electron chi connectivity index (χ3n) is 1.81. The highest BCUT2D eigenvalue weighted by atomic mass is 79.9. The van der Waals surface area contributed by atoms with Gasteiger partial charge in [-0.3, -0.25) is 0 Å². The van der Waals surface area contributed by atoms with E-state index in [2.05, 4.69) is 31.4 Å². The van der Waals surface area contributed by atoms with E-state index in [4.69, 9.17) is 0 Å². The second kappa shape index (κ2) is 4.24. The van der Waals surface area contributed by atoms with E-state index in [0.29, 0.717) is 14.6 Å². The third kappa shape index (κ3) is 2.51. The highest BCUT2D eigenvalue weighted by Gasteiger charge is 2.03. The fraction of sp³-hybridized carbons (Fsp3) is 0.111. The Labute approximate surface area is 98.5 Å². The van der Waals surface area contributed by atoms with Crippen molar-refractivity contribution < 1.29 is 4.39 Å². The van der Waals surface area contributed by atoms with Gasteiger partial charge in [0.1, 0.15) is 5.82 Å². The molecule has 0 atom stereocenters. The van der Waals surface area contributed by atoms with Crippen LogP contribution in [0.1, 0.15) is 5.56 Å². The summed E-state index contributed by atoms with van der Waals surface area (Å²) in [4.78, 5) is 0. The van der Waals surface area contributed by atoms with Crippen molar-refractivity contribution in [3.63, 3.8) is 0 Å². The van der Waals surface area contributed by atoms with Gasteiger partial charge < -0.3 is 5.32 Å². The van der Waals surface area contributed by atoms with Gasteiger partial charge in [0.05, 0.1) is 0 Å². The monoisotopic (exact) mass is 287 g/mol. The first-order valence-corrected chi connectivity index (χ1v) is 5.78. The highest BCUT2D eigenvalue weighted by molar-refractivity contribution is 9.11. The normalized spacial score (nSPS) is 10.3. The molecule has 0 fully saturated rings. The minimum atomic E-state index is -0.209. The lowest BCUT2D eigenvalue weighted by molar-refractivity contribution is 0.619. The predicted octanol–water partition coefficient (Wildman–Crippen LogP) is 3.49. The van der Waals surface area contributed by atoms with E-state index in [0.717, 1.165) is 5.69 Å². The maximum absolute atomic E-state index is 13.0. The van der Waals surface area contributed by atoms with Gasteiger partial charge in [0.2, 0.25) is 5.13 Å². The molecular weight excluding hydrogens is 281 g/mol. The Morgan fingerprint density at radius 3 is 2.80 bits per heavy atom. The molecule has 2 aromatic rings. The Morgan fingerprint density at radius 1 is 1.40 bits per heavy atom. The molecule has 15 heavy (non-hydrogen) atoms. The number of hydrogen-bond donors (Lipinski definition) is 1. The maximum Gasteiger partial charge on any atom is 0.210 e. The summed E-state index contributed by atoms with van der Waals surface area (Å²) in [6, 6.07) is 4.82. The summed E-state index contributed by atoms with van der Waals surface area (Å²) in [7, 11) is 0. The molecule has 0 saturated heterocycles. The number of aryl methyl sites for hydroxylation is 1. The number of halogens is 2. The van der Waals surface area contributed by atoms with Crippen LogP contribution < -0.4 is 5.32 Å². The fourth-order valence-electron chi connectivity index (χ4n) is 1.10. The lowest BCUT2D eigenvalue weighted by atomic mass is 10.2. The number of anilines is 2. The molecule has 0 unspecified atom stereocenters. The molecule has 0 aliphatic heterocycles. The van der Waals surface area contributed by atoms with Crippen molar-refractivity contribution in [3.8, 4) is 0 Å². The van der Waals surface area contributed by atoms with Gasteiger partial charge in [-0.05, 0) is 46.6 Å². The van der Waals surface area contributed by atoms with E-state index < -0.39 is 0 Å². The minimum Gasteiger partial charge on any atom is -0.330 e. The molecule has 0 saturated carbocycles. The average Bonchev–Trinajstić information content (AvgIpc) is 2.58. The number of aromatic nitrogens is 2. The Bertz CT molecular complexity index is 486. The van der Waals surface area contributed by atoms with Gasteiger partial charge in [0.25, 0.3) is 0 Å². The third-order valence-corrected chi connectivity index (χ3v) is 3.08. The van der Waals surface area contributed by atoms with Gasteiger partial charge in [-0.15, -0.1) is 10.2 Å². The van der Waals surface area contributed by atoms with E-state index in [1.807, 2.05) is 0 Å². The van der Waals surface area contributed by atoms with Crippen molar-refractivity contribution in [1.82, 2.24) is 10.2 Å². The summed E-state index contributed by atoms with van der Waals surface area (Å²) in [5.74, 6) is -0.209. The summed E-state index contributed by atoms with van der Waals surface area (Å²) >= 11 is 4.60. The fourth-order valence-corrected chi connectivity index (χ4v) is 2.13. The smallest absolute Gasteiger partial charge is 0.210 e. The van der Waals surface area contributed by atoms with Crippen molar-refractivity contribution >= 4 is 38.1 Å². The van der Waals surface area contributed by atoms with Crippen LogP contribution in [-0.4, -0.2) is 10.2 Å². The summed E-state index contributed by atoms with van der Waals surface area (Å²) < 4.78 is 13.7. The molecule has 0 amide bonds. The summed E-state index contributed by atoms with van der Waals surface area (Å²) in [5.41, 5.74) is 1.40. The zero-order valence-corrected chi connectivity index (χ0v) is 10.2. The maximum atomic E-state index is 13.0. The van der Waals surface area contributed by atoms with Crippen LogP contribution in [0, 0.1) is 12.7 Å². The van der Waals surface area contributed by atoms with Crippen LogP contribution in [0.5, 0.6) is 0 Å². The Kier molecular flexibility index (Phi) is 2.97. The van der Waals surface area contributed by atoms with E-state index in [1.54, 1.807) is 19.1 Å². The van der Waals surface area contributed by atoms with Crippen LogP contribution >= 0.6 is 27.3 Å². The van der Waals surface area contributed by atoms with E-state index in [-0.39, 0.29) is 5.82 Å². The molecule has 1 N–H and O–H groups in total. The molecule has 0 spiro atoms. The van der Waals surface area contributed by atoms with E-state index in [1.165, 1.54) is 17.4 Å².